The van der Waals surface area contributed by atoms with Crippen LogP contribution in [0.25, 0.3) is 0 Å². The molecule has 4 aliphatic carbocycles. The third-order valence-corrected chi connectivity index (χ3v) is 14.0. The van der Waals surface area contributed by atoms with Gasteiger partial charge in [-0.15, -0.1) is 5.06 Å². The molecule has 5 aliphatic rings. The third kappa shape index (κ3) is 12.9. The fourth-order valence-corrected chi connectivity index (χ4v) is 11.8. The fourth-order valence-electron chi connectivity index (χ4n) is 11.8. The van der Waals surface area contributed by atoms with Crippen molar-refractivity contribution in [3.05, 3.63) is 136 Å². The van der Waals surface area contributed by atoms with Crippen molar-refractivity contribution >= 4 is 23.8 Å². The van der Waals surface area contributed by atoms with Crippen molar-refractivity contribution in [3.8, 4) is 5.75 Å². The molecule has 15 nitrogen and oxygen atoms in total. The molecular weight excluding hydrogens is 879 g/mol. The number of esters is 1. The van der Waals surface area contributed by atoms with Crippen LogP contribution in [0.4, 0.5) is 0 Å². The van der Waals surface area contributed by atoms with Crippen molar-refractivity contribution in [3.63, 3.8) is 0 Å². The second-order valence-electron chi connectivity index (χ2n) is 20.9. The molecule has 2 amide bonds. The molecule has 0 spiro atoms. The molecule has 3 aromatic carbocycles. The fraction of sp³-hybridized carbons (Fsp3) is 0.500. The van der Waals surface area contributed by atoms with E-state index in [4.69, 9.17) is 41.0 Å². The zero-order valence-electron chi connectivity index (χ0n) is 40.3. The summed E-state index contributed by atoms with van der Waals surface area (Å²) in [5.41, 5.74) is 21.0. The van der Waals surface area contributed by atoms with E-state index in [9.17, 15) is 24.0 Å². The Labute approximate surface area is 404 Å². The number of nitrogens with two attached hydrogens (primary N) is 3. The summed E-state index contributed by atoms with van der Waals surface area (Å²) >= 11 is 0. The minimum Gasteiger partial charge on any atom is -0.482 e. The number of hydrogen-bond donors (Lipinski definition) is 3. The van der Waals surface area contributed by atoms with Crippen LogP contribution in [0.15, 0.2) is 108 Å². The standard InChI is InChI=1S/C34H32N2O8.C20H37N3O2/c37-29-18-19-35(20-28(42-22-26-12-6-2-7-13-26)24-41-21-25-10-4-1-5-11-25)32(33(29)43-23-27-14-8-3-9-15-27)34(40)44-36-30(38)16-17-31(36)39;1-16(2,3)25-15(24)4-5-17-6-18(12-21)9-19(7-17,13-22)11-20(8-17,10-18)14-23/h1-15,18-19,28H,16-17,20-24H2;4-14,21-23H2,1-3H3. The van der Waals surface area contributed by atoms with Crippen LogP contribution in [0.1, 0.15) is 112 Å². The Bertz CT molecular complexity index is 2380. The highest BCUT2D eigenvalue weighted by Gasteiger charge is 2.66. The monoisotopic (exact) mass is 948 g/mol. The van der Waals surface area contributed by atoms with Gasteiger partial charge in [-0.2, -0.15) is 0 Å². The largest absolute Gasteiger partial charge is 0.482 e. The summed E-state index contributed by atoms with van der Waals surface area (Å²) in [4.78, 5) is 68.6. The molecule has 2 heterocycles. The summed E-state index contributed by atoms with van der Waals surface area (Å²) in [6.07, 6.45) is 8.89. The number of hydrogen-bond acceptors (Lipinski definition) is 13. The summed E-state index contributed by atoms with van der Waals surface area (Å²) in [5, 5.41) is 0.442. The van der Waals surface area contributed by atoms with Crippen LogP contribution in [0.5, 0.6) is 5.75 Å². The predicted molar refractivity (Wildman–Crippen MR) is 259 cm³/mol. The zero-order chi connectivity index (χ0) is 49.3. The van der Waals surface area contributed by atoms with E-state index < -0.39 is 34.9 Å². The Morgan fingerprint density at radius 1 is 0.652 bits per heavy atom. The van der Waals surface area contributed by atoms with Crippen LogP contribution in [-0.4, -0.2) is 71.3 Å². The second-order valence-corrected chi connectivity index (χ2v) is 20.9. The van der Waals surface area contributed by atoms with Crippen LogP contribution in [0.2, 0.25) is 0 Å². The number of imide groups is 1. The molecule has 4 saturated carbocycles. The van der Waals surface area contributed by atoms with Crippen LogP contribution in [0, 0.1) is 21.7 Å². The topological polar surface area (TPSA) is 218 Å². The Kier molecular flexibility index (Phi) is 16.3. The van der Waals surface area contributed by atoms with Crippen molar-refractivity contribution in [2.75, 3.05) is 26.2 Å². The molecule has 4 aromatic rings. The summed E-state index contributed by atoms with van der Waals surface area (Å²) in [6, 6.07) is 29.7. The molecule has 1 aliphatic heterocycles. The lowest BCUT2D eigenvalue weighted by Gasteiger charge is -2.71. The molecular formula is C54H69N5O10. The molecule has 9 rings (SSSR count). The van der Waals surface area contributed by atoms with Crippen molar-refractivity contribution in [2.24, 2.45) is 38.9 Å². The van der Waals surface area contributed by atoms with E-state index in [1.807, 2.05) is 112 Å². The Morgan fingerprint density at radius 3 is 1.62 bits per heavy atom. The lowest BCUT2D eigenvalue weighted by Crippen LogP contribution is -2.66. The summed E-state index contributed by atoms with van der Waals surface area (Å²) in [7, 11) is 0. The maximum absolute atomic E-state index is 13.6. The van der Waals surface area contributed by atoms with Crippen LogP contribution in [0.3, 0.4) is 0 Å². The number of amides is 2. The molecule has 370 valence electrons. The van der Waals surface area contributed by atoms with Crippen molar-refractivity contribution < 1.29 is 43.0 Å². The Hall–Kier alpha value is -5.71. The SMILES string of the molecule is CC(C)(C)OC(=O)CCC12CC3(CN)CC(CN)(CC(CN)(C3)C1)C2.O=C(ON1C(=O)CCC1=O)c1c(OCc2ccccc2)c(=O)ccn1CC(COCc1ccccc1)OCc1ccccc1. The summed E-state index contributed by atoms with van der Waals surface area (Å²) in [5.74, 6) is -2.72. The van der Waals surface area contributed by atoms with Gasteiger partial charge in [0.05, 0.1) is 32.5 Å². The first-order chi connectivity index (χ1) is 33.0. The van der Waals surface area contributed by atoms with Gasteiger partial charge in [-0.3, -0.25) is 19.2 Å². The van der Waals surface area contributed by atoms with E-state index in [2.05, 4.69) is 0 Å². The lowest BCUT2D eigenvalue weighted by atomic mass is 9.35. The third-order valence-electron chi connectivity index (χ3n) is 14.0. The van der Waals surface area contributed by atoms with Crippen LogP contribution in [-0.2, 0) is 59.8 Å². The molecule has 15 heteroatoms. The van der Waals surface area contributed by atoms with E-state index in [-0.39, 0.29) is 78.3 Å². The number of ether oxygens (including phenoxy) is 4. The van der Waals surface area contributed by atoms with E-state index in [0.717, 1.165) is 61.6 Å². The highest BCUT2D eigenvalue weighted by molar-refractivity contribution is 6.02. The zero-order valence-corrected chi connectivity index (χ0v) is 40.3. The maximum Gasteiger partial charge on any atom is 0.384 e. The Balaban J connectivity index is 0.000000238. The van der Waals surface area contributed by atoms with Crippen molar-refractivity contribution in [2.45, 2.75) is 123 Å². The highest BCUT2D eigenvalue weighted by Crippen LogP contribution is 2.74. The van der Waals surface area contributed by atoms with Crippen LogP contribution < -0.4 is 27.4 Å². The summed E-state index contributed by atoms with van der Waals surface area (Å²) < 4.78 is 25.1. The van der Waals surface area contributed by atoms with E-state index in [0.29, 0.717) is 37.7 Å². The van der Waals surface area contributed by atoms with Gasteiger partial charge in [0.15, 0.2) is 11.4 Å². The van der Waals surface area contributed by atoms with E-state index >= 15 is 0 Å². The van der Waals surface area contributed by atoms with Gasteiger partial charge in [0.1, 0.15) is 12.2 Å². The molecule has 0 radical (unpaired) electrons. The number of aromatic nitrogens is 1. The summed E-state index contributed by atoms with van der Waals surface area (Å²) in [6.45, 7) is 8.74. The average Bonchev–Trinajstić information content (AvgIpc) is 3.65. The Morgan fingerprint density at radius 2 is 1.13 bits per heavy atom. The number of carbonyl (C=O) groups excluding carboxylic acids is 4. The first-order valence-electron chi connectivity index (χ1n) is 24.1. The molecule has 5 fully saturated rings. The predicted octanol–water partition coefficient (Wildman–Crippen LogP) is 6.76. The lowest BCUT2D eigenvalue weighted by molar-refractivity contribution is -0.196. The first-order valence-corrected chi connectivity index (χ1v) is 24.1. The van der Waals surface area contributed by atoms with Gasteiger partial charge in [-0.1, -0.05) is 91.0 Å². The van der Waals surface area contributed by atoms with Gasteiger partial charge in [-0.25, -0.2) is 4.79 Å². The second kappa shape index (κ2) is 21.9. The smallest absolute Gasteiger partial charge is 0.384 e. The minimum absolute atomic E-state index is 0.00390. The number of carbonyl (C=O) groups is 4. The van der Waals surface area contributed by atoms with Gasteiger partial charge in [0, 0.05) is 31.5 Å². The van der Waals surface area contributed by atoms with Gasteiger partial charge < -0.3 is 45.6 Å². The number of benzene rings is 3. The average molecular weight is 948 g/mol. The molecule has 4 bridgehead atoms. The van der Waals surface area contributed by atoms with E-state index in [1.54, 1.807) is 0 Å². The van der Waals surface area contributed by atoms with Crippen molar-refractivity contribution in [1.82, 2.24) is 9.63 Å². The normalized spacial score (nSPS) is 24.1. The van der Waals surface area contributed by atoms with Gasteiger partial charge >= 0.3 is 11.9 Å². The molecule has 1 atom stereocenters. The van der Waals surface area contributed by atoms with E-state index in [1.165, 1.54) is 16.8 Å². The molecule has 6 N–H and O–H groups in total. The maximum atomic E-state index is 13.6. The van der Waals surface area contributed by atoms with Gasteiger partial charge in [-0.05, 0) is 124 Å². The van der Waals surface area contributed by atoms with Crippen molar-refractivity contribution in [1.29, 1.82) is 0 Å². The van der Waals surface area contributed by atoms with Gasteiger partial charge in [0.25, 0.3) is 11.8 Å². The highest BCUT2D eigenvalue weighted by atomic mass is 16.7. The molecule has 1 aromatic heterocycles. The molecule has 69 heavy (non-hydrogen) atoms. The minimum atomic E-state index is -1.08. The number of hydroxylamine groups is 2. The van der Waals surface area contributed by atoms with Gasteiger partial charge in [0.2, 0.25) is 5.43 Å². The molecule has 1 saturated heterocycles. The number of rotatable bonds is 20. The number of nitrogens with zero attached hydrogens (tertiary/aromatic N) is 2. The quantitative estimate of drug-likeness (QED) is 0.0617. The first kappa shape index (κ1) is 51.1. The number of pyridine rings is 1. The molecule has 1 unspecified atom stereocenters. The van der Waals surface area contributed by atoms with Crippen LogP contribution >= 0.6 is 0 Å².